The smallest absolute Gasteiger partial charge is 0.462 e. The van der Waals surface area contributed by atoms with Gasteiger partial charge in [0, 0.05) is 12.8 Å². The molecule has 264 valence electrons. The minimum Gasteiger partial charge on any atom is -0.462 e. The fourth-order valence-electron chi connectivity index (χ4n) is 4.95. The first-order chi connectivity index (χ1) is 21.8. The third kappa shape index (κ3) is 35.2. The third-order valence-corrected chi connectivity index (χ3v) is 8.18. The highest BCUT2D eigenvalue weighted by molar-refractivity contribution is 7.46. The van der Waals surface area contributed by atoms with E-state index in [0.717, 1.165) is 51.4 Å². The lowest BCUT2D eigenvalue weighted by atomic mass is 10.1. The van der Waals surface area contributed by atoms with Crippen molar-refractivity contribution < 1.29 is 37.9 Å². The summed E-state index contributed by atoms with van der Waals surface area (Å²) in [6.07, 6.45) is 34.7. The highest BCUT2D eigenvalue weighted by Gasteiger charge is 2.22. The lowest BCUT2D eigenvalue weighted by molar-refractivity contribution is -0.161. The molecule has 1 atom stereocenters. The van der Waals surface area contributed by atoms with Crippen molar-refractivity contribution in [3.63, 3.8) is 0 Å². The number of ether oxygens (including phenoxy) is 2. The molecule has 0 radical (unpaired) electrons. The Bertz CT molecular complexity index is 792. The van der Waals surface area contributed by atoms with Gasteiger partial charge in [0.25, 0.3) is 0 Å². The maximum Gasteiger partial charge on any atom is 0.469 e. The Labute approximate surface area is 275 Å². The van der Waals surface area contributed by atoms with Crippen LogP contribution in [0.3, 0.4) is 0 Å². The predicted octanol–water partition coefficient (Wildman–Crippen LogP) is 10.5. The van der Waals surface area contributed by atoms with E-state index in [1.54, 1.807) is 0 Å². The molecule has 0 heterocycles. The first-order valence-electron chi connectivity index (χ1n) is 18.1. The minimum absolute atomic E-state index is 0.182. The lowest BCUT2D eigenvalue weighted by Gasteiger charge is -2.18. The molecule has 0 aromatic rings. The Morgan fingerprint density at radius 1 is 0.556 bits per heavy atom. The summed E-state index contributed by atoms with van der Waals surface area (Å²) in [6, 6.07) is 0. The van der Waals surface area contributed by atoms with Gasteiger partial charge in [-0.25, -0.2) is 4.57 Å². The number of allylic oxidation sites excluding steroid dienone is 4. The van der Waals surface area contributed by atoms with E-state index in [-0.39, 0.29) is 19.4 Å². The topological polar surface area (TPSA) is 119 Å². The van der Waals surface area contributed by atoms with Crippen LogP contribution in [-0.2, 0) is 28.2 Å². The molecule has 0 rings (SSSR count). The summed E-state index contributed by atoms with van der Waals surface area (Å²) in [6.45, 7) is 3.62. The second kappa shape index (κ2) is 32.5. The molecule has 0 aliphatic heterocycles. The molecule has 9 heteroatoms. The maximum absolute atomic E-state index is 12.3. The summed E-state index contributed by atoms with van der Waals surface area (Å²) < 4.78 is 26.2. The van der Waals surface area contributed by atoms with E-state index in [2.05, 4.69) is 42.7 Å². The van der Waals surface area contributed by atoms with Crippen molar-refractivity contribution in [3.05, 3.63) is 24.3 Å². The summed E-state index contributed by atoms with van der Waals surface area (Å²) in [7, 11) is -4.75. The van der Waals surface area contributed by atoms with Crippen LogP contribution in [0.15, 0.2) is 24.3 Å². The number of rotatable bonds is 33. The molecule has 0 aliphatic carbocycles. The average Bonchev–Trinajstić information content (AvgIpc) is 3.00. The third-order valence-electron chi connectivity index (χ3n) is 7.69. The van der Waals surface area contributed by atoms with E-state index in [4.69, 9.17) is 19.3 Å². The van der Waals surface area contributed by atoms with Crippen molar-refractivity contribution in [1.29, 1.82) is 0 Å². The monoisotopic (exact) mass is 658 g/mol. The van der Waals surface area contributed by atoms with Gasteiger partial charge >= 0.3 is 19.8 Å². The lowest BCUT2D eigenvalue weighted by Crippen LogP contribution is -2.29. The van der Waals surface area contributed by atoms with Gasteiger partial charge in [-0.15, -0.1) is 0 Å². The van der Waals surface area contributed by atoms with Crippen molar-refractivity contribution in [2.45, 2.75) is 180 Å². The molecule has 0 amide bonds. The minimum atomic E-state index is -4.75. The van der Waals surface area contributed by atoms with Gasteiger partial charge in [-0.1, -0.05) is 122 Å². The van der Waals surface area contributed by atoms with Crippen LogP contribution in [0.5, 0.6) is 0 Å². The van der Waals surface area contributed by atoms with Crippen LogP contribution in [-0.4, -0.2) is 41.0 Å². The second-order valence-corrected chi connectivity index (χ2v) is 13.4. The Balaban J connectivity index is 4.02. The second-order valence-electron chi connectivity index (χ2n) is 12.2. The first-order valence-corrected chi connectivity index (χ1v) is 19.7. The summed E-state index contributed by atoms with van der Waals surface area (Å²) in [5, 5.41) is 0. The Morgan fingerprint density at radius 2 is 0.933 bits per heavy atom. The zero-order chi connectivity index (χ0) is 33.3. The summed E-state index contributed by atoms with van der Waals surface area (Å²) >= 11 is 0. The van der Waals surface area contributed by atoms with Crippen molar-refractivity contribution in [2.75, 3.05) is 13.2 Å². The van der Waals surface area contributed by atoms with E-state index < -0.39 is 32.5 Å². The van der Waals surface area contributed by atoms with Gasteiger partial charge < -0.3 is 19.3 Å². The number of hydrogen-bond acceptors (Lipinski definition) is 6. The molecule has 0 spiro atoms. The molecule has 0 fully saturated rings. The standard InChI is InChI=1S/C36H67O8P/c1-3-5-7-9-11-13-15-17-18-19-21-23-25-27-29-31-36(38)44-34(33-43-45(39,40)41)32-42-35(37)30-28-26-24-22-20-16-14-12-10-8-6-4-2/h12,14,21,23,34H,3-11,13,15-20,22,24-33H2,1-2H3,(H2,39,40,41)/b14-12+,23-21+/t34-/m1/s1. The van der Waals surface area contributed by atoms with Crippen molar-refractivity contribution in [2.24, 2.45) is 0 Å². The van der Waals surface area contributed by atoms with Crippen LogP contribution in [0.25, 0.3) is 0 Å². The van der Waals surface area contributed by atoms with Crippen LogP contribution in [0.1, 0.15) is 174 Å². The molecule has 45 heavy (non-hydrogen) atoms. The first kappa shape index (κ1) is 43.5. The molecule has 0 aromatic heterocycles. The van der Waals surface area contributed by atoms with Crippen LogP contribution >= 0.6 is 7.82 Å². The molecule has 0 unspecified atom stereocenters. The number of hydrogen-bond donors (Lipinski definition) is 2. The van der Waals surface area contributed by atoms with E-state index in [0.29, 0.717) is 12.8 Å². The van der Waals surface area contributed by atoms with Crippen molar-refractivity contribution in [1.82, 2.24) is 0 Å². The van der Waals surface area contributed by atoms with Crippen LogP contribution in [0.4, 0.5) is 0 Å². The predicted molar refractivity (Wildman–Crippen MR) is 184 cm³/mol. The molecule has 2 N–H and O–H groups in total. The molecule has 0 aliphatic rings. The summed E-state index contributed by atoms with van der Waals surface area (Å²) in [5.41, 5.74) is 0. The molecule has 8 nitrogen and oxygen atoms in total. The SMILES string of the molecule is CCCCC/C=C/CCCCCCCC(=O)OC[C@H](COP(=O)(O)O)OC(=O)CCCC/C=C/CCCCCCCCCCC. The van der Waals surface area contributed by atoms with Crippen molar-refractivity contribution in [3.8, 4) is 0 Å². The van der Waals surface area contributed by atoms with Crippen LogP contribution in [0.2, 0.25) is 0 Å². The fourth-order valence-corrected chi connectivity index (χ4v) is 5.31. The number of carbonyl (C=O) groups is 2. The largest absolute Gasteiger partial charge is 0.469 e. The van der Waals surface area contributed by atoms with E-state index in [1.807, 2.05) is 0 Å². The molecule has 0 bridgehead atoms. The number of carbonyl (C=O) groups excluding carboxylic acids is 2. The normalized spacial score (nSPS) is 12.7. The number of phosphoric acid groups is 1. The molecule has 0 saturated carbocycles. The fraction of sp³-hybridized carbons (Fsp3) is 0.833. The van der Waals surface area contributed by atoms with Crippen molar-refractivity contribution >= 4 is 19.8 Å². The zero-order valence-corrected chi connectivity index (χ0v) is 29.7. The van der Waals surface area contributed by atoms with Gasteiger partial charge in [0.05, 0.1) is 6.61 Å². The quantitative estimate of drug-likeness (QED) is 0.0309. The van der Waals surface area contributed by atoms with Gasteiger partial charge in [-0.2, -0.15) is 0 Å². The number of phosphoric ester groups is 1. The molecule has 0 aromatic carbocycles. The molecular formula is C36H67O8P. The van der Waals surface area contributed by atoms with E-state index >= 15 is 0 Å². The van der Waals surface area contributed by atoms with Gasteiger partial charge in [0.1, 0.15) is 6.61 Å². The average molecular weight is 659 g/mol. The Hall–Kier alpha value is -1.47. The zero-order valence-electron chi connectivity index (χ0n) is 28.8. The van der Waals surface area contributed by atoms with E-state index in [9.17, 15) is 14.2 Å². The van der Waals surface area contributed by atoms with Gasteiger partial charge in [-0.05, 0) is 64.2 Å². The molecule has 0 saturated heterocycles. The van der Waals surface area contributed by atoms with Gasteiger partial charge in [0.15, 0.2) is 6.10 Å². The van der Waals surface area contributed by atoms with Gasteiger partial charge in [0.2, 0.25) is 0 Å². The van der Waals surface area contributed by atoms with E-state index in [1.165, 1.54) is 83.5 Å². The molecular weight excluding hydrogens is 591 g/mol. The van der Waals surface area contributed by atoms with Gasteiger partial charge in [-0.3, -0.25) is 14.1 Å². The van der Waals surface area contributed by atoms with Crippen LogP contribution in [0, 0.1) is 0 Å². The summed E-state index contributed by atoms with van der Waals surface area (Å²) in [4.78, 5) is 42.6. The maximum atomic E-state index is 12.3. The highest BCUT2D eigenvalue weighted by Crippen LogP contribution is 2.36. The highest BCUT2D eigenvalue weighted by atomic mass is 31.2. The Kier molecular flexibility index (Phi) is 31.4. The van der Waals surface area contributed by atoms with Crippen LogP contribution < -0.4 is 0 Å². The Morgan fingerprint density at radius 3 is 1.44 bits per heavy atom. The summed E-state index contributed by atoms with van der Waals surface area (Å²) in [5.74, 6) is -0.920. The number of esters is 2. The number of unbranched alkanes of at least 4 members (excludes halogenated alkanes) is 19.